The topological polar surface area (TPSA) is 40.6 Å². The fourth-order valence-corrected chi connectivity index (χ4v) is 3.76. The van der Waals surface area contributed by atoms with Crippen molar-refractivity contribution in [1.82, 2.24) is 10.3 Å². The Bertz CT molecular complexity index is 696. The lowest BCUT2D eigenvalue weighted by Crippen LogP contribution is -2.47. The van der Waals surface area contributed by atoms with Crippen LogP contribution in [0.2, 0.25) is 0 Å². The largest absolute Gasteiger partial charge is 0.496 e. The molecule has 1 fully saturated rings. The van der Waals surface area contributed by atoms with E-state index in [1.807, 2.05) is 12.3 Å². The minimum absolute atomic E-state index is 0.903. The highest BCUT2D eigenvalue weighted by Crippen LogP contribution is 2.34. The molecule has 0 bridgehead atoms. The van der Waals surface area contributed by atoms with Gasteiger partial charge in [-0.25, -0.2) is 4.98 Å². The molecule has 5 heteroatoms. The van der Waals surface area contributed by atoms with Gasteiger partial charge in [0.05, 0.1) is 7.11 Å². The van der Waals surface area contributed by atoms with Gasteiger partial charge >= 0.3 is 0 Å². The minimum atomic E-state index is 0.903. The van der Waals surface area contributed by atoms with Crippen molar-refractivity contribution in [3.8, 4) is 5.75 Å². The van der Waals surface area contributed by atoms with E-state index in [-0.39, 0.29) is 0 Å². The molecule has 0 saturated carbocycles. The maximum absolute atomic E-state index is 5.55. The monoisotopic (exact) mass is 324 g/mol. The summed E-state index contributed by atoms with van der Waals surface area (Å²) in [6.45, 7) is 6.03. The second kappa shape index (κ2) is 6.69. The van der Waals surface area contributed by atoms with Gasteiger partial charge in [-0.1, -0.05) is 6.07 Å². The van der Waals surface area contributed by atoms with Crippen LogP contribution in [0, 0.1) is 0 Å². The average Bonchev–Trinajstić information content (AvgIpc) is 2.68. The summed E-state index contributed by atoms with van der Waals surface area (Å²) in [7, 11) is 1.76. The SMILES string of the molecule is COc1ccc(N2CCN(c3ccccn3)CC2)c2c1CNCC2. The molecule has 0 amide bonds. The number of nitrogens with one attached hydrogen (secondary N) is 1. The van der Waals surface area contributed by atoms with E-state index in [4.69, 9.17) is 4.74 Å². The van der Waals surface area contributed by atoms with Crippen molar-refractivity contribution < 1.29 is 4.74 Å². The number of pyridine rings is 1. The summed E-state index contributed by atoms with van der Waals surface area (Å²) in [5.74, 6) is 2.09. The third-order valence-corrected chi connectivity index (χ3v) is 5.03. The van der Waals surface area contributed by atoms with Crippen molar-refractivity contribution in [3.05, 3.63) is 47.7 Å². The van der Waals surface area contributed by atoms with Crippen LogP contribution in [0.1, 0.15) is 11.1 Å². The summed E-state index contributed by atoms with van der Waals surface area (Å²) in [5, 5.41) is 3.46. The van der Waals surface area contributed by atoms with E-state index in [0.29, 0.717) is 0 Å². The minimum Gasteiger partial charge on any atom is -0.496 e. The van der Waals surface area contributed by atoms with Gasteiger partial charge in [-0.2, -0.15) is 0 Å². The smallest absolute Gasteiger partial charge is 0.128 e. The molecule has 2 aromatic rings. The quantitative estimate of drug-likeness (QED) is 0.936. The van der Waals surface area contributed by atoms with Crippen LogP contribution in [0.3, 0.4) is 0 Å². The number of piperazine rings is 1. The molecule has 2 aliphatic rings. The number of nitrogens with zero attached hydrogens (tertiary/aromatic N) is 3. The maximum Gasteiger partial charge on any atom is 0.128 e. The number of ether oxygens (including phenoxy) is 1. The van der Waals surface area contributed by atoms with Gasteiger partial charge in [0.2, 0.25) is 0 Å². The lowest BCUT2D eigenvalue weighted by molar-refractivity contribution is 0.404. The lowest BCUT2D eigenvalue weighted by Gasteiger charge is -2.38. The van der Waals surface area contributed by atoms with Crippen LogP contribution < -0.4 is 19.9 Å². The molecule has 5 nitrogen and oxygen atoms in total. The molecular weight excluding hydrogens is 300 g/mol. The first-order valence-electron chi connectivity index (χ1n) is 8.67. The summed E-state index contributed by atoms with van der Waals surface area (Å²) in [6, 6.07) is 10.5. The summed E-state index contributed by atoms with van der Waals surface area (Å²) < 4.78 is 5.55. The van der Waals surface area contributed by atoms with Crippen LogP contribution in [0.5, 0.6) is 5.75 Å². The first-order chi connectivity index (χ1) is 11.9. The molecule has 4 rings (SSSR count). The second-order valence-electron chi connectivity index (χ2n) is 6.33. The second-order valence-corrected chi connectivity index (χ2v) is 6.33. The van der Waals surface area contributed by atoms with Gasteiger partial charge in [0.1, 0.15) is 11.6 Å². The van der Waals surface area contributed by atoms with Crippen molar-refractivity contribution in [3.63, 3.8) is 0 Å². The normalized spacial score (nSPS) is 17.5. The Balaban J connectivity index is 1.54. The summed E-state index contributed by atoms with van der Waals surface area (Å²) in [6.07, 6.45) is 2.94. The molecule has 24 heavy (non-hydrogen) atoms. The zero-order chi connectivity index (χ0) is 16.4. The van der Waals surface area contributed by atoms with Gasteiger partial charge in [-0.15, -0.1) is 0 Å². The van der Waals surface area contributed by atoms with Gasteiger partial charge in [-0.3, -0.25) is 0 Å². The van der Waals surface area contributed by atoms with Crippen LogP contribution in [0.25, 0.3) is 0 Å². The first kappa shape index (κ1) is 15.3. The fourth-order valence-electron chi connectivity index (χ4n) is 3.76. The number of methoxy groups -OCH3 is 1. The molecule has 2 aliphatic heterocycles. The fraction of sp³-hybridized carbons (Fsp3) is 0.421. The lowest BCUT2D eigenvalue weighted by atomic mass is 9.97. The molecule has 0 atom stereocenters. The van der Waals surface area contributed by atoms with Crippen molar-refractivity contribution in [2.75, 3.05) is 49.6 Å². The van der Waals surface area contributed by atoms with Crippen molar-refractivity contribution in [2.24, 2.45) is 0 Å². The maximum atomic E-state index is 5.55. The van der Waals surface area contributed by atoms with Crippen LogP contribution in [0.4, 0.5) is 11.5 Å². The van der Waals surface area contributed by atoms with Crippen LogP contribution in [-0.4, -0.2) is 44.8 Å². The van der Waals surface area contributed by atoms with E-state index >= 15 is 0 Å². The molecule has 1 N–H and O–H groups in total. The Morgan fingerprint density at radius 2 is 1.83 bits per heavy atom. The molecule has 1 saturated heterocycles. The zero-order valence-corrected chi connectivity index (χ0v) is 14.2. The van der Waals surface area contributed by atoms with Gasteiger partial charge in [0, 0.05) is 50.2 Å². The van der Waals surface area contributed by atoms with Crippen molar-refractivity contribution >= 4 is 11.5 Å². The number of hydrogen-bond donors (Lipinski definition) is 1. The molecule has 3 heterocycles. The van der Waals surface area contributed by atoms with E-state index in [0.717, 1.165) is 57.3 Å². The van der Waals surface area contributed by atoms with Crippen LogP contribution in [0.15, 0.2) is 36.5 Å². The van der Waals surface area contributed by atoms with Crippen LogP contribution >= 0.6 is 0 Å². The predicted octanol–water partition coefficient (Wildman–Crippen LogP) is 2.06. The zero-order valence-electron chi connectivity index (χ0n) is 14.2. The standard InChI is InChI=1S/C19H24N4O/c1-24-18-6-5-17(15-7-9-20-14-16(15)18)22-10-12-23(13-11-22)19-4-2-3-8-21-19/h2-6,8,20H,7,9-14H2,1H3. The van der Waals surface area contributed by atoms with Gasteiger partial charge in [-0.05, 0) is 42.8 Å². The number of fused-ring (bicyclic) bond motifs is 1. The van der Waals surface area contributed by atoms with E-state index in [9.17, 15) is 0 Å². The number of benzene rings is 1. The van der Waals surface area contributed by atoms with Gasteiger partial charge in [0.15, 0.2) is 0 Å². The highest BCUT2D eigenvalue weighted by Gasteiger charge is 2.24. The van der Waals surface area contributed by atoms with E-state index < -0.39 is 0 Å². The Kier molecular flexibility index (Phi) is 4.26. The third-order valence-electron chi connectivity index (χ3n) is 5.03. The Hall–Kier alpha value is -2.27. The molecule has 126 valence electrons. The Morgan fingerprint density at radius 3 is 2.58 bits per heavy atom. The molecule has 0 unspecified atom stereocenters. The summed E-state index contributed by atoms with van der Waals surface area (Å²) in [5.41, 5.74) is 4.17. The van der Waals surface area contributed by atoms with E-state index in [2.05, 4.69) is 44.4 Å². The predicted molar refractivity (Wildman–Crippen MR) is 97.1 cm³/mol. The summed E-state index contributed by atoms with van der Waals surface area (Å²) in [4.78, 5) is 9.36. The molecule has 0 spiro atoms. The van der Waals surface area contributed by atoms with Crippen LogP contribution in [-0.2, 0) is 13.0 Å². The first-order valence-corrected chi connectivity index (χ1v) is 8.67. The van der Waals surface area contributed by atoms with Crippen molar-refractivity contribution in [1.29, 1.82) is 0 Å². The third kappa shape index (κ3) is 2.80. The highest BCUT2D eigenvalue weighted by atomic mass is 16.5. The number of hydrogen-bond acceptors (Lipinski definition) is 5. The molecule has 0 radical (unpaired) electrons. The molecule has 1 aromatic heterocycles. The number of anilines is 2. The van der Waals surface area contributed by atoms with Gasteiger partial charge < -0.3 is 19.9 Å². The Morgan fingerprint density at radius 1 is 1.00 bits per heavy atom. The Labute approximate surface area is 143 Å². The molecule has 0 aliphatic carbocycles. The highest BCUT2D eigenvalue weighted by molar-refractivity contribution is 5.62. The summed E-state index contributed by atoms with van der Waals surface area (Å²) >= 11 is 0. The molecular formula is C19H24N4O. The van der Waals surface area contributed by atoms with E-state index in [1.54, 1.807) is 7.11 Å². The average molecular weight is 324 g/mol. The van der Waals surface area contributed by atoms with Gasteiger partial charge in [0.25, 0.3) is 0 Å². The number of aromatic nitrogens is 1. The molecule has 1 aromatic carbocycles. The van der Waals surface area contributed by atoms with E-state index in [1.165, 1.54) is 16.8 Å². The number of rotatable bonds is 3. The van der Waals surface area contributed by atoms with Crippen molar-refractivity contribution in [2.45, 2.75) is 13.0 Å².